The number of amides is 1. The number of piperidine rings is 1. The van der Waals surface area contributed by atoms with Crippen LogP contribution in [0, 0.1) is 12.8 Å². The summed E-state index contributed by atoms with van der Waals surface area (Å²) in [6.45, 7) is 8.17. The van der Waals surface area contributed by atoms with E-state index in [-0.39, 0.29) is 18.3 Å². The first-order valence-corrected chi connectivity index (χ1v) is 7.73. The molecule has 0 aromatic heterocycles. The summed E-state index contributed by atoms with van der Waals surface area (Å²) in [6, 6.07) is 8.27. The van der Waals surface area contributed by atoms with Gasteiger partial charge in [-0.15, -0.1) is 12.4 Å². The summed E-state index contributed by atoms with van der Waals surface area (Å²) in [6.07, 6.45) is 2.80. The molecule has 1 aliphatic heterocycles. The second kappa shape index (κ2) is 9.06. The van der Waals surface area contributed by atoms with Gasteiger partial charge in [0.1, 0.15) is 0 Å². The van der Waals surface area contributed by atoms with Crippen LogP contribution in [0.2, 0.25) is 0 Å². The van der Waals surface area contributed by atoms with Gasteiger partial charge in [-0.25, -0.2) is 0 Å². The molecule has 1 aromatic rings. The van der Waals surface area contributed by atoms with Crippen molar-refractivity contribution in [1.82, 2.24) is 10.2 Å². The minimum atomic E-state index is 0. The van der Waals surface area contributed by atoms with E-state index in [0.717, 1.165) is 50.5 Å². The largest absolute Gasteiger partial charge is 0.342 e. The molecule has 1 N–H and O–H groups in total. The third-order valence-corrected chi connectivity index (χ3v) is 4.13. The minimum Gasteiger partial charge on any atom is -0.342 e. The number of rotatable bonds is 5. The van der Waals surface area contributed by atoms with Crippen LogP contribution in [0.25, 0.3) is 0 Å². The Morgan fingerprint density at radius 3 is 2.43 bits per heavy atom. The molecule has 0 saturated carbocycles. The highest BCUT2D eigenvalue weighted by Gasteiger charge is 2.22. The topological polar surface area (TPSA) is 32.3 Å². The maximum absolute atomic E-state index is 12.3. The first-order chi connectivity index (χ1) is 9.69. The maximum Gasteiger partial charge on any atom is 0.226 e. The van der Waals surface area contributed by atoms with Gasteiger partial charge in [-0.05, 0) is 44.3 Å². The monoisotopic (exact) mass is 310 g/mol. The van der Waals surface area contributed by atoms with E-state index in [4.69, 9.17) is 0 Å². The highest BCUT2D eigenvalue weighted by Crippen LogP contribution is 2.17. The molecule has 1 aromatic carbocycles. The molecule has 1 heterocycles. The smallest absolute Gasteiger partial charge is 0.226 e. The van der Waals surface area contributed by atoms with Crippen LogP contribution < -0.4 is 5.32 Å². The van der Waals surface area contributed by atoms with E-state index < -0.39 is 0 Å². The number of carbonyl (C=O) groups excluding carboxylic acids is 1. The van der Waals surface area contributed by atoms with Crippen molar-refractivity contribution in [2.75, 3.05) is 26.2 Å². The average molecular weight is 311 g/mol. The molecule has 2 rings (SSSR count). The summed E-state index contributed by atoms with van der Waals surface area (Å²) in [5.41, 5.74) is 2.36. The van der Waals surface area contributed by atoms with Gasteiger partial charge in [-0.1, -0.05) is 36.8 Å². The molecule has 0 aliphatic carbocycles. The van der Waals surface area contributed by atoms with Crippen molar-refractivity contribution in [3.8, 4) is 0 Å². The lowest BCUT2D eigenvalue weighted by Crippen LogP contribution is -2.41. The standard InChI is InChI=1S/C17H26N2O.ClH/c1-3-18-13-16-8-10-19(11-9-16)17(20)12-15-6-4-14(2)5-7-15;/h4-7,16,18H,3,8-13H2,1-2H3;1H. The van der Waals surface area contributed by atoms with Crippen LogP contribution in [0.5, 0.6) is 0 Å². The number of nitrogens with zero attached hydrogens (tertiary/aromatic N) is 1. The maximum atomic E-state index is 12.3. The zero-order valence-corrected chi connectivity index (χ0v) is 13.9. The Kier molecular flexibility index (Phi) is 7.76. The second-order valence-corrected chi connectivity index (χ2v) is 5.79. The Labute approximate surface area is 134 Å². The molecule has 1 aliphatic rings. The average Bonchev–Trinajstić information content (AvgIpc) is 2.48. The second-order valence-electron chi connectivity index (χ2n) is 5.79. The summed E-state index contributed by atoms with van der Waals surface area (Å²) in [7, 11) is 0. The van der Waals surface area contributed by atoms with Crippen LogP contribution in [0.4, 0.5) is 0 Å². The van der Waals surface area contributed by atoms with E-state index in [1.807, 2.05) is 4.90 Å². The van der Waals surface area contributed by atoms with Crippen LogP contribution in [-0.2, 0) is 11.2 Å². The molecule has 1 amide bonds. The molecule has 4 heteroatoms. The zero-order chi connectivity index (χ0) is 14.4. The van der Waals surface area contributed by atoms with Crippen LogP contribution >= 0.6 is 12.4 Å². The van der Waals surface area contributed by atoms with Crippen molar-refractivity contribution in [2.45, 2.75) is 33.1 Å². The Morgan fingerprint density at radius 1 is 1.24 bits per heavy atom. The first kappa shape index (κ1) is 18.0. The van der Waals surface area contributed by atoms with Crippen molar-refractivity contribution in [2.24, 2.45) is 5.92 Å². The lowest BCUT2D eigenvalue weighted by molar-refractivity contribution is -0.131. The molecule has 118 valence electrons. The molecule has 0 atom stereocenters. The highest BCUT2D eigenvalue weighted by molar-refractivity contribution is 5.85. The van der Waals surface area contributed by atoms with Gasteiger partial charge in [0, 0.05) is 13.1 Å². The summed E-state index contributed by atoms with van der Waals surface area (Å²) in [4.78, 5) is 14.3. The van der Waals surface area contributed by atoms with Gasteiger partial charge in [0.25, 0.3) is 0 Å². The number of likely N-dealkylation sites (tertiary alicyclic amines) is 1. The lowest BCUT2D eigenvalue weighted by Gasteiger charge is -2.32. The molecule has 3 nitrogen and oxygen atoms in total. The summed E-state index contributed by atoms with van der Waals surface area (Å²) in [5.74, 6) is 1.01. The number of hydrogen-bond donors (Lipinski definition) is 1. The number of halogens is 1. The van der Waals surface area contributed by atoms with E-state index in [1.165, 1.54) is 5.56 Å². The third kappa shape index (κ3) is 5.68. The van der Waals surface area contributed by atoms with Crippen molar-refractivity contribution in [3.05, 3.63) is 35.4 Å². The molecule has 0 radical (unpaired) electrons. The normalized spacial score (nSPS) is 15.6. The fourth-order valence-electron chi connectivity index (χ4n) is 2.73. The highest BCUT2D eigenvalue weighted by atomic mass is 35.5. The molecule has 1 fully saturated rings. The van der Waals surface area contributed by atoms with Crippen molar-refractivity contribution >= 4 is 18.3 Å². The predicted molar refractivity (Wildman–Crippen MR) is 90.0 cm³/mol. The first-order valence-electron chi connectivity index (χ1n) is 7.73. The minimum absolute atomic E-state index is 0. The quantitative estimate of drug-likeness (QED) is 0.907. The Morgan fingerprint density at radius 2 is 1.86 bits per heavy atom. The molecule has 0 spiro atoms. The number of benzene rings is 1. The molecule has 0 bridgehead atoms. The Balaban J connectivity index is 0.00000220. The van der Waals surface area contributed by atoms with Gasteiger partial charge in [0.15, 0.2) is 0 Å². The van der Waals surface area contributed by atoms with Crippen molar-refractivity contribution < 1.29 is 4.79 Å². The molecule has 21 heavy (non-hydrogen) atoms. The van der Waals surface area contributed by atoms with Crippen LogP contribution in [0.15, 0.2) is 24.3 Å². The fraction of sp³-hybridized carbons (Fsp3) is 0.588. The van der Waals surface area contributed by atoms with E-state index in [0.29, 0.717) is 6.42 Å². The van der Waals surface area contributed by atoms with E-state index in [9.17, 15) is 4.79 Å². The van der Waals surface area contributed by atoms with E-state index in [1.54, 1.807) is 0 Å². The van der Waals surface area contributed by atoms with E-state index >= 15 is 0 Å². The SMILES string of the molecule is CCNCC1CCN(C(=O)Cc2ccc(C)cc2)CC1.Cl. The number of hydrogen-bond acceptors (Lipinski definition) is 2. The number of aryl methyl sites for hydroxylation is 1. The zero-order valence-electron chi connectivity index (χ0n) is 13.1. The van der Waals surface area contributed by atoms with Gasteiger partial charge in [0.2, 0.25) is 5.91 Å². The molecule has 0 unspecified atom stereocenters. The summed E-state index contributed by atoms with van der Waals surface area (Å²) in [5, 5.41) is 3.40. The summed E-state index contributed by atoms with van der Waals surface area (Å²) >= 11 is 0. The molecular formula is C17H27ClN2O. The Hall–Kier alpha value is -1.06. The Bertz CT molecular complexity index is 425. The van der Waals surface area contributed by atoms with Gasteiger partial charge < -0.3 is 10.2 Å². The van der Waals surface area contributed by atoms with Crippen molar-refractivity contribution in [1.29, 1.82) is 0 Å². The number of nitrogens with one attached hydrogen (secondary N) is 1. The number of carbonyl (C=O) groups is 1. The van der Waals surface area contributed by atoms with Gasteiger partial charge >= 0.3 is 0 Å². The van der Waals surface area contributed by atoms with Gasteiger partial charge in [-0.3, -0.25) is 4.79 Å². The van der Waals surface area contributed by atoms with Gasteiger partial charge in [0.05, 0.1) is 6.42 Å². The molecule has 1 saturated heterocycles. The fourth-order valence-corrected chi connectivity index (χ4v) is 2.73. The van der Waals surface area contributed by atoms with Gasteiger partial charge in [-0.2, -0.15) is 0 Å². The van der Waals surface area contributed by atoms with Crippen molar-refractivity contribution in [3.63, 3.8) is 0 Å². The molecular weight excluding hydrogens is 284 g/mol. The van der Waals surface area contributed by atoms with Crippen LogP contribution in [0.3, 0.4) is 0 Å². The van der Waals surface area contributed by atoms with Crippen LogP contribution in [-0.4, -0.2) is 37.0 Å². The predicted octanol–water partition coefficient (Wildman–Crippen LogP) is 2.81. The summed E-state index contributed by atoms with van der Waals surface area (Å²) < 4.78 is 0. The van der Waals surface area contributed by atoms with E-state index in [2.05, 4.69) is 43.4 Å². The van der Waals surface area contributed by atoms with Crippen LogP contribution in [0.1, 0.15) is 30.9 Å². The third-order valence-electron chi connectivity index (χ3n) is 4.13. The lowest BCUT2D eigenvalue weighted by atomic mass is 9.96.